The van der Waals surface area contributed by atoms with Gasteiger partial charge in [0.2, 0.25) is 0 Å². The van der Waals surface area contributed by atoms with Crippen LogP contribution >= 0.6 is 0 Å². The van der Waals surface area contributed by atoms with Gasteiger partial charge in [0.25, 0.3) is 11.6 Å². The average molecular weight is 438 g/mol. The number of hydrogen-bond donors (Lipinski definition) is 0. The minimum absolute atomic E-state index is 0. The maximum absolute atomic E-state index is 12.3. The van der Waals surface area contributed by atoms with Gasteiger partial charge in [0, 0.05) is 32.3 Å². The first kappa shape index (κ1) is 28.5. The molecule has 0 aliphatic rings. The van der Waals surface area contributed by atoms with Gasteiger partial charge in [-0.15, -0.1) is 0 Å². The van der Waals surface area contributed by atoms with Crippen LogP contribution in [-0.4, -0.2) is 47.8 Å². The van der Waals surface area contributed by atoms with Crippen molar-refractivity contribution in [3.05, 3.63) is 0 Å². The molecule has 4 nitrogen and oxygen atoms in total. The zero-order valence-electron chi connectivity index (χ0n) is 12.9. The molecule has 0 saturated carbocycles. The smallest absolute Gasteiger partial charge is 0.300 e. The van der Waals surface area contributed by atoms with E-state index in [1.165, 1.54) is 0 Å². The van der Waals surface area contributed by atoms with E-state index in [4.69, 9.17) is 0 Å². The van der Waals surface area contributed by atoms with Gasteiger partial charge in [-0.2, -0.15) is 26.3 Å². The van der Waals surface area contributed by atoms with Crippen molar-refractivity contribution in [2.75, 3.05) is 0 Å². The minimum Gasteiger partial charge on any atom is -0.300 e. The molecule has 2 atom stereocenters. The maximum atomic E-state index is 12.3. The van der Waals surface area contributed by atoms with E-state index in [1.54, 1.807) is 0 Å². The molecular weight excluding hydrogens is 426 g/mol. The number of hydrogen-bond acceptors (Lipinski definition) is 4. The number of ketones is 4. The second kappa shape index (κ2) is 11.4. The average Bonchev–Trinajstić information content (AvgIpc) is 2.33. The van der Waals surface area contributed by atoms with Gasteiger partial charge >= 0.3 is 12.4 Å². The van der Waals surface area contributed by atoms with E-state index in [0.29, 0.717) is 0 Å². The molecule has 0 rings (SSSR count). The van der Waals surface area contributed by atoms with E-state index in [9.17, 15) is 54.3 Å². The Hall–Kier alpha value is -1.26. The van der Waals surface area contributed by atoms with Gasteiger partial charge in [0.1, 0.15) is 11.6 Å². The number of carbonyl (C=O) groups is 4. The fraction of sp³-hybridized carbons (Fsp3) is 0.667. The molecule has 0 radical (unpaired) electrons. The first-order valence-electron chi connectivity index (χ1n) is 5.99. The van der Waals surface area contributed by atoms with Crippen molar-refractivity contribution < 1.29 is 73.8 Å². The van der Waals surface area contributed by atoms with Crippen molar-refractivity contribution in [3.8, 4) is 0 Å². The zero-order chi connectivity index (χ0) is 19.9. The van der Waals surface area contributed by atoms with Crippen LogP contribution < -0.4 is 0 Å². The van der Waals surface area contributed by atoms with Gasteiger partial charge in [0.05, 0.1) is 0 Å². The number of rotatable bonds is 6. The minimum atomic E-state index is -5.20. The SMILES string of the molecule is CC(=O)CC(F)C(=O)C(F)(F)F.CC(=O)CC(F)C(=O)C(F)(F)F.[Zn]. The molecule has 0 fully saturated rings. The molecule has 2 unspecified atom stereocenters. The Morgan fingerprint density at radius 1 is 0.680 bits per heavy atom. The standard InChI is InChI=1S/2C6H6F4O2.Zn/c2*1-3(11)2-4(7)5(12)6(8,9)10;/h2*4H,2H2,1H3;. The molecule has 0 aromatic rings. The summed E-state index contributed by atoms with van der Waals surface area (Å²) in [5, 5.41) is 0. The Morgan fingerprint density at radius 2 is 0.880 bits per heavy atom. The molecule has 142 valence electrons. The molecule has 0 aliphatic carbocycles. The van der Waals surface area contributed by atoms with E-state index < -0.39 is 60.7 Å². The monoisotopic (exact) mass is 436 g/mol. The van der Waals surface area contributed by atoms with E-state index in [2.05, 4.69) is 0 Å². The first-order valence-corrected chi connectivity index (χ1v) is 5.99. The van der Waals surface area contributed by atoms with Gasteiger partial charge in [0.15, 0.2) is 12.3 Å². The molecule has 0 aromatic carbocycles. The molecule has 25 heavy (non-hydrogen) atoms. The largest absolute Gasteiger partial charge is 0.453 e. The normalized spacial score (nSPS) is 13.5. The fourth-order valence-electron chi connectivity index (χ4n) is 1.05. The number of halogens is 8. The van der Waals surface area contributed by atoms with E-state index in [1.807, 2.05) is 0 Å². The Morgan fingerprint density at radius 3 is 1.00 bits per heavy atom. The summed E-state index contributed by atoms with van der Waals surface area (Å²) in [6.45, 7) is 1.83. The van der Waals surface area contributed by atoms with Crippen LogP contribution in [0.15, 0.2) is 0 Å². The summed E-state index contributed by atoms with van der Waals surface area (Å²) in [6, 6.07) is 0. The van der Waals surface area contributed by atoms with Crippen molar-refractivity contribution in [2.45, 2.75) is 51.4 Å². The maximum Gasteiger partial charge on any atom is 0.453 e. The van der Waals surface area contributed by atoms with E-state index in [-0.39, 0.29) is 19.5 Å². The van der Waals surface area contributed by atoms with Crippen LogP contribution in [0.3, 0.4) is 0 Å². The van der Waals surface area contributed by atoms with Crippen LogP contribution in [0.25, 0.3) is 0 Å². The van der Waals surface area contributed by atoms with Crippen molar-refractivity contribution in [1.82, 2.24) is 0 Å². The third-order valence-corrected chi connectivity index (χ3v) is 2.06. The van der Waals surface area contributed by atoms with Crippen LogP contribution in [0.4, 0.5) is 35.1 Å². The summed E-state index contributed by atoms with van der Waals surface area (Å²) >= 11 is 0. The summed E-state index contributed by atoms with van der Waals surface area (Å²) in [6.07, 6.45) is -18.0. The second-order valence-corrected chi connectivity index (χ2v) is 4.47. The second-order valence-electron chi connectivity index (χ2n) is 4.47. The fourth-order valence-corrected chi connectivity index (χ4v) is 1.05. The molecule has 0 N–H and O–H groups in total. The first-order chi connectivity index (χ1) is 10.5. The Bertz CT molecular complexity index is 442. The van der Waals surface area contributed by atoms with E-state index in [0.717, 1.165) is 13.8 Å². The van der Waals surface area contributed by atoms with Crippen LogP contribution in [0.2, 0.25) is 0 Å². The van der Waals surface area contributed by atoms with Gasteiger partial charge in [-0.25, -0.2) is 8.78 Å². The Kier molecular flexibility index (Phi) is 13.0. The topological polar surface area (TPSA) is 68.3 Å². The predicted octanol–water partition coefficient (Wildman–Crippen LogP) is 2.87. The van der Waals surface area contributed by atoms with Crippen molar-refractivity contribution in [2.24, 2.45) is 0 Å². The van der Waals surface area contributed by atoms with Crippen LogP contribution in [0.1, 0.15) is 26.7 Å². The summed E-state index contributed by atoms with van der Waals surface area (Å²) in [5.74, 6) is -6.59. The Balaban J connectivity index is -0.000000372. The van der Waals surface area contributed by atoms with Crippen LogP contribution in [0, 0.1) is 0 Å². The van der Waals surface area contributed by atoms with Gasteiger partial charge < -0.3 is 0 Å². The molecule has 0 saturated heterocycles. The van der Waals surface area contributed by atoms with E-state index >= 15 is 0 Å². The molecule has 0 bridgehead atoms. The summed E-state index contributed by atoms with van der Waals surface area (Å²) in [5.41, 5.74) is 0. The van der Waals surface area contributed by atoms with Gasteiger partial charge in [-0.3, -0.25) is 19.2 Å². The van der Waals surface area contributed by atoms with Crippen molar-refractivity contribution >= 4 is 23.1 Å². The number of alkyl halides is 8. The summed E-state index contributed by atoms with van der Waals surface area (Å²) < 4.78 is 93.2. The molecule has 0 spiro atoms. The molecule has 0 heterocycles. The van der Waals surface area contributed by atoms with Crippen LogP contribution in [-0.2, 0) is 38.7 Å². The Labute approximate surface area is 149 Å². The van der Waals surface area contributed by atoms with Crippen molar-refractivity contribution in [1.29, 1.82) is 0 Å². The third kappa shape index (κ3) is 13.7. The number of carbonyl (C=O) groups excluding carboxylic acids is 4. The molecule has 0 aliphatic heterocycles. The predicted molar refractivity (Wildman–Crippen MR) is 62.5 cm³/mol. The molecule has 0 aromatic heterocycles. The summed E-state index contributed by atoms with van der Waals surface area (Å²) in [4.78, 5) is 40.3. The molecule has 0 amide bonds. The van der Waals surface area contributed by atoms with Crippen molar-refractivity contribution in [3.63, 3.8) is 0 Å². The zero-order valence-corrected chi connectivity index (χ0v) is 15.9. The molecule has 13 heteroatoms. The number of Topliss-reactive ketones (excluding diaryl/α,β-unsaturated/α-hetero) is 4. The molecular formula is C12H12F8O4Zn. The summed E-state index contributed by atoms with van der Waals surface area (Å²) in [7, 11) is 0. The van der Waals surface area contributed by atoms with Crippen LogP contribution in [0.5, 0.6) is 0 Å². The van der Waals surface area contributed by atoms with Gasteiger partial charge in [-0.1, -0.05) is 0 Å². The third-order valence-electron chi connectivity index (χ3n) is 2.06. The quantitative estimate of drug-likeness (QED) is 0.473. The van der Waals surface area contributed by atoms with Gasteiger partial charge in [-0.05, 0) is 13.8 Å².